The van der Waals surface area contributed by atoms with Gasteiger partial charge in [0.2, 0.25) is 0 Å². The van der Waals surface area contributed by atoms with E-state index >= 15 is 0 Å². The quantitative estimate of drug-likeness (QED) is 0.247. The van der Waals surface area contributed by atoms with Crippen LogP contribution in [0.1, 0.15) is 50.4 Å². The van der Waals surface area contributed by atoms with E-state index in [1.807, 2.05) is 13.8 Å². The lowest BCUT2D eigenvalue weighted by molar-refractivity contribution is -0.0115. The summed E-state index contributed by atoms with van der Waals surface area (Å²) in [5, 5.41) is 13.1. The van der Waals surface area contributed by atoms with Crippen LogP contribution in [0.3, 0.4) is 0 Å². The number of aliphatic hydroxyl groups excluding tert-OH is 1. The van der Waals surface area contributed by atoms with E-state index < -0.39 is 28.1 Å². The van der Waals surface area contributed by atoms with Crippen molar-refractivity contribution in [3.63, 3.8) is 0 Å². The van der Waals surface area contributed by atoms with E-state index in [1.54, 1.807) is 79.4 Å². The normalized spacial score (nSPS) is 19.5. The summed E-state index contributed by atoms with van der Waals surface area (Å²) in [6, 6.07) is 16.7. The van der Waals surface area contributed by atoms with Crippen molar-refractivity contribution in [3.05, 3.63) is 72.3 Å². The van der Waals surface area contributed by atoms with Crippen LogP contribution in [0.2, 0.25) is 0 Å². The number of urea groups is 1. The molecule has 1 aliphatic rings. The minimum absolute atomic E-state index is 0.0256. The van der Waals surface area contributed by atoms with Crippen molar-refractivity contribution in [2.75, 3.05) is 57.6 Å². The molecule has 1 heterocycles. The molecule has 278 valence electrons. The van der Waals surface area contributed by atoms with Crippen molar-refractivity contribution in [2.45, 2.75) is 63.2 Å². The van der Waals surface area contributed by atoms with Crippen LogP contribution in [0, 0.1) is 5.92 Å². The van der Waals surface area contributed by atoms with Crippen molar-refractivity contribution in [2.24, 2.45) is 5.92 Å². The summed E-state index contributed by atoms with van der Waals surface area (Å²) >= 11 is 0. The Hall–Kier alpha value is -4.53. The standard InChI is InChI=1S/C37H50N4O9S/c1-25-22-41(26(2)24-42)36(43)33-21-29(39-51(45,46)32-17-15-31(48-6)16-18-32)12-19-34(33)50-27(3)9-7-8-20-49-35(25)23-40(4)37(44)38-28-10-13-30(47-5)14-11-28/h10-19,21,25-27,35,39,42H,7-9,20,22-24H2,1-6H3,(H,38,44)/t25-,26-,27-,35+/m0/s1. The number of likely N-dealkylation sites (N-methyl/N-ethyl adjacent to an activating group) is 1. The predicted molar refractivity (Wildman–Crippen MR) is 195 cm³/mol. The maximum atomic E-state index is 14.4. The number of fused-ring (bicyclic) bond motifs is 1. The summed E-state index contributed by atoms with van der Waals surface area (Å²) in [4.78, 5) is 30.7. The van der Waals surface area contributed by atoms with Crippen LogP contribution in [-0.2, 0) is 14.8 Å². The lowest BCUT2D eigenvalue weighted by Gasteiger charge is -2.35. The summed E-state index contributed by atoms with van der Waals surface area (Å²) < 4.78 is 52.1. The lowest BCUT2D eigenvalue weighted by Crippen LogP contribution is -2.48. The smallest absolute Gasteiger partial charge is 0.321 e. The van der Waals surface area contributed by atoms with Crippen LogP contribution in [-0.4, -0.2) is 101 Å². The molecule has 3 N–H and O–H groups in total. The van der Waals surface area contributed by atoms with Gasteiger partial charge in [-0.05, 0) is 99.8 Å². The average Bonchev–Trinajstić information content (AvgIpc) is 3.12. The molecule has 0 aromatic heterocycles. The molecule has 0 spiro atoms. The first-order chi connectivity index (χ1) is 24.3. The Balaban J connectivity index is 1.61. The zero-order chi connectivity index (χ0) is 37.1. The van der Waals surface area contributed by atoms with Crippen LogP contribution < -0.4 is 24.2 Å². The van der Waals surface area contributed by atoms with Gasteiger partial charge >= 0.3 is 6.03 Å². The molecule has 0 radical (unpaired) electrons. The van der Waals surface area contributed by atoms with E-state index in [-0.39, 0.29) is 53.9 Å². The molecule has 0 fully saturated rings. The van der Waals surface area contributed by atoms with E-state index in [0.717, 1.165) is 12.8 Å². The molecule has 14 heteroatoms. The lowest BCUT2D eigenvalue weighted by atomic mass is 10.0. The molecule has 0 aliphatic carbocycles. The third kappa shape index (κ3) is 10.7. The number of methoxy groups -OCH3 is 2. The summed E-state index contributed by atoms with van der Waals surface area (Å²) in [6.45, 7) is 6.14. The molecular weight excluding hydrogens is 676 g/mol. The van der Waals surface area contributed by atoms with Gasteiger partial charge in [-0.25, -0.2) is 13.2 Å². The Kier molecular flexibility index (Phi) is 13.9. The molecule has 0 saturated heterocycles. The second kappa shape index (κ2) is 18.1. The number of rotatable bonds is 10. The first-order valence-corrected chi connectivity index (χ1v) is 18.5. The van der Waals surface area contributed by atoms with Gasteiger partial charge in [0.1, 0.15) is 17.2 Å². The van der Waals surface area contributed by atoms with Gasteiger partial charge in [-0.2, -0.15) is 0 Å². The average molecular weight is 727 g/mol. The number of amides is 3. The van der Waals surface area contributed by atoms with Crippen LogP contribution in [0.15, 0.2) is 71.6 Å². The number of aliphatic hydroxyl groups is 1. The minimum atomic E-state index is -4.01. The Bertz CT molecular complexity index is 1700. The third-order valence-electron chi connectivity index (χ3n) is 8.82. The molecule has 3 aromatic rings. The number of nitrogens with zero attached hydrogens (tertiary/aromatic N) is 2. The van der Waals surface area contributed by atoms with Crippen molar-refractivity contribution < 1.29 is 42.1 Å². The van der Waals surface area contributed by atoms with Gasteiger partial charge in [-0.3, -0.25) is 9.52 Å². The molecule has 0 saturated carbocycles. The van der Waals surface area contributed by atoms with Crippen molar-refractivity contribution >= 4 is 33.3 Å². The van der Waals surface area contributed by atoms with E-state index in [9.17, 15) is 23.1 Å². The van der Waals surface area contributed by atoms with E-state index in [4.69, 9.17) is 18.9 Å². The number of carbonyl (C=O) groups excluding carboxylic acids is 2. The van der Waals surface area contributed by atoms with Gasteiger partial charge in [-0.1, -0.05) is 6.92 Å². The van der Waals surface area contributed by atoms with E-state index in [0.29, 0.717) is 36.0 Å². The highest BCUT2D eigenvalue weighted by atomic mass is 32.2. The Morgan fingerprint density at radius 1 is 1.00 bits per heavy atom. The van der Waals surface area contributed by atoms with Crippen molar-refractivity contribution in [1.82, 2.24) is 9.80 Å². The van der Waals surface area contributed by atoms with Crippen LogP contribution >= 0.6 is 0 Å². The summed E-state index contributed by atoms with van der Waals surface area (Å²) in [5.41, 5.74) is 0.933. The first kappa shape index (κ1) is 39.3. The van der Waals surface area contributed by atoms with Gasteiger partial charge in [0.25, 0.3) is 15.9 Å². The molecule has 13 nitrogen and oxygen atoms in total. The number of carbonyl (C=O) groups is 2. The SMILES string of the molecule is COc1ccc(NC(=O)N(C)C[C@H]2OCCCC[C@H](C)Oc3ccc(NS(=O)(=O)c4ccc(OC)cc4)cc3C(=O)N([C@@H](C)CO)C[C@@H]2C)cc1. The second-order valence-electron chi connectivity index (χ2n) is 12.8. The molecule has 0 unspecified atom stereocenters. The fraction of sp³-hybridized carbons (Fsp3) is 0.459. The number of hydrogen-bond donors (Lipinski definition) is 3. The van der Waals surface area contributed by atoms with Crippen molar-refractivity contribution in [1.29, 1.82) is 0 Å². The predicted octanol–water partition coefficient (Wildman–Crippen LogP) is 5.46. The van der Waals surface area contributed by atoms with Crippen molar-refractivity contribution in [3.8, 4) is 17.2 Å². The third-order valence-corrected chi connectivity index (χ3v) is 10.2. The number of benzene rings is 3. The Morgan fingerprint density at radius 3 is 2.25 bits per heavy atom. The summed E-state index contributed by atoms with van der Waals surface area (Å²) in [6.07, 6.45) is 1.54. The molecule has 4 atom stereocenters. The molecule has 3 amide bonds. The number of ether oxygens (including phenoxy) is 4. The van der Waals surface area contributed by atoms with Gasteiger partial charge in [0.15, 0.2) is 0 Å². The molecule has 4 rings (SSSR count). The summed E-state index contributed by atoms with van der Waals surface area (Å²) in [7, 11) is 0.746. The molecular formula is C37H50N4O9S. The van der Waals surface area contributed by atoms with E-state index in [2.05, 4.69) is 10.0 Å². The number of anilines is 2. The van der Waals surface area contributed by atoms with Crippen LogP contribution in [0.5, 0.6) is 17.2 Å². The maximum Gasteiger partial charge on any atom is 0.321 e. The monoisotopic (exact) mass is 726 g/mol. The van der Waals surface area contributed by atoms with E-state index in [1.165, 1.54) is 25.3 Å². The second-order valence-corrected chi connectivity index (χ2v) is 14.5. The first-order valence-electron chi connectivity index (χ1n) is 17.0. The van der Waals surface area contributed by atoms with Crippen LogP contribution in [0.4, 0.5) is 16.2 Å². The Labute approximate surface area is 300 Å². The molecule has 51 heavy (non-hydrogen) atoms. The molecule has 0 bridgehead atoms. The van der Waals surface area contributed by atoms with Crippen LogP contribution in [0.25, 0.3) is 0 Å². The highest BCUT2D eigenvalue weighted by molar-refractivity contribution is 7.92. The zero-order valence-electron chi connectivity index (χ0n) is 30.1. The Morgan fingerprint density at radius 2 is 1.63 bits per heavy atom. The minimum Gasteiger partial charge on any atom is -0.497 e. The van der Waals surface area contributed by atoms with Gasteiger partial charge in [0.05, 0.1) is 49.5 Å². The highest BCUT2D eigenvalue weighted by Crippen LogP contribution is 2.30. The van der Waals surface area contributed by atoms with Gasteiger partial charge in [0, 0.05) is 44.0 Å². The van der Waals surface area contributed by atoms with Gasteiger partial charge < -0.3 is 39.2 Å². The fourth-order valence-corrected chi connectivity index (χ4v) is 6.71. The fourth-order valence-electron chi connectivity index (χ4n) is 5.66. The zero-order valence-corrected chi connectivity index (χ0v) is 30.9. The largest absolute Gasteiger partial charge is 0.497 e. The molecule has 3 aromatic carbocycles. The number of sulfonamides is 1. The van der Waals surface area contributed by atoms with Gasteiger partial charge in [-0.15, -0.1) is 0 Å². The molecule has 1 aliphatic heterocycles. The number of hydrogen-bond acceptors (Lipinski definition) is 9. The highest BCUT2D eigenvalue weighted by Gasteiger charge is 2.31. The topological polar surface area (TPSA) is 156 Å². The number of nitrogens with one attached hydrogen (secondary N) is 2. The summed E-state index contributed by atoms with van der Waals surface area (Å²) in [5.74, 6) is 0.775. The maximum absolute atomic E-state index is 14.4.